The topological polar surface area (TPSA) is 171 Å². The molecule has 0 unspecified atom stereocenters. The highest BCUT2D eigenvalue weighted by Crippen LogP contribution is 2.31. The molecule has 0 spiro atoms. The zero-order valence-electron chi connectivity index (χ0n) is 29.0. The molecule has 49 heavy (non-hydrogen) atoms. The molecule has 0 aliphatic carbocycles. The highest BCUT2D eigenvalue weighted by Gasteiger charge is 2.25. The van der Waals surface area contributed by atoms with E-state index >= 15 is 0 Å². The summed E-state index contributed by atoms with van der Waals surface area (Å²) in [6.45, 7) is 9.93. The van der Waals surface area contributed by atoms with Crippen LogP contribution in [0.4, 0.5) is 5.69 Å². The number of benzodiazepines with no additional fused rings is 1. The van der Waals surface area contributed by atoms with Crippen LogP contribution in [-0.2, 0) is 16.0 Å². The number of rotatable bonds is 7. The minimum atomic E-state index is -0.196. The summed E-state index contributed by atoms with van der Waals surface area (Å²) in [4.78, 5) is 29.6. The summed E-state index contributed by atoms with van der Waals surface area (Å²) in [5.74, 6) is 1.00. The first-order chi connectivity index (χ1) is 23.5. The van der Waals surface area contributed by atoms with Gasteiger partial charge in [-0.3, -0.25) is 30.3 Å². The van der Waals surface area contributed by atoms with Crippen molar-refractivity contribution in [2.75, 3.05) is 37.9 Å². The standard InChI is InChI=1S/C18H18N4O2.C15H18N2O2S.C2H6.CH4OS/c1-11(19)22-16-8-7-14(24-2)9-15(16)18(21-10-17(22)20)12-3-5-13(23)6-4-12;1-10-7-13-8-12(3-4-14(13)20-10)5-6-16-15(19)9-17-11(2)18;1-2;1-3-2/h3-9,19-20,23H,10H2,1-2H3;3-4,7-8H,5-6,9H2,1-2H3,(H,16,19)(H,17,18);1-2H3;2H,1H3. The van der Waals surface area contributed by atoms with Gasteiger partial charge in [0.25, 0.3) is 0 Å². The number of amidine groups is 2. The number of phenols is 1. The molecule has 262 valence electrons. The molecule has 3 aromatic carbocycles. The van der Waals surface area contributed by atoms with Crippen molar-refractivity contribution in [1.82, 2.24) is 10.6 Å². The van der Waals surface area contributed by atoms with Gasteiger partial charge in [-0.15, -0.1) is 11.3 Å². The number of carbonyl (C=O) groups excluding carboxylic acids is 2. The lowest BCUT2D eigenvalue weighted by atomic mass is 9.99. The van der Waals surface area contributed by atoms with Crippen LogP contribution in [0.25, 0.3) is 10.1 Å². The molecule has 0 radical (unpaired) electrons. The highest BCUT2D eigenvalue weighted by atomic mass is 32.2. The Balaban J connectivity index is 0.000000305. The summed E-state index contributed by atoms with van der Waals surface area (Å²) in [7, 11) is 1.59. The van der Waals surface area contributed by atoms with Gasteiger partial charge in [0.05, 0.1) is 31.6 Å². The van der Waals surface area contributed by atoms with Crippen molar-refractivity contribution in [3.8, 4) is 11.5 Å². The first-order valence-electron chi connectivity index (χ1n) is 15.6. The summed E-state index contributed by atoms with van der Waals surface area (Å²) < 4.78 is 14.1. The molecular weight excluding hydrogens is 661 g/mol. The van der Waals surface area contributed by atoms with Crippen LogP contribution in [0, 0.1) is 17.7 Å². The van der Waals surface area contributed by atoms with Crippen molar-refractivity contribution in [1.29, 1.82) is 10.8 Å². The van der Waals surface area contributed by atoms with Crippen molar-refractivity contribution in [3.05, 3.63) is 88.3 Å². The first-order valence-corrected chi connectivity index (χ1v) is 17.6. The monoisotopic (exact) mass is 706 g/mol. The normalized spacial score (nSPS) is 11.6. The zero-order valence-corrected chi connectivity index (χ0v) is 30.6. The molecule has 1 aliphatic heterocycles. The van der Waals surface area contributed by atoms with Crippen LogP contribution >= 0.6 is 23.4 Å². The van der Waals surface area contributed by atoms with Crippen LogP contribution < -0.4 is 20.3 Å². The van der Waals surface area contributed by atoms with Crippen LogP contribution in [0.5, 0.6) is 11.5 Å². The molecule has 4 aromatic rings. The molecule has 13 heteroatoms. The van der Waals surface area contributed by atoms with Crippen LogP contribution in [0.15, 0.2) is 71.7 Å². The second-order valence-corrected chi connectivity index (χ2v) is 12.0. The number of anilines is 1. The number of aryl methyl sites for hydroxylation is 1. The summed E-state index contributed by atoms with van der Waals surface area (Å²) in [6.07, 6.45) is 2.39. The van der Waals surface area contributed by atoms with E-state index in [1.807, 2.05) is 32.0 Å². The quantitative estimate of drug-likeness (QED) is 0.0691. The van der Waals surface area contributed by atoms with Gasteiger partial charge in [0.1, 0.15) is 23.2 Å². The van der Waals surface area contributed by atoms with Crippen molar-refractivity contribution >= 4 is 68.4 Å². The summed E-state index contributed by atoms with van der Waals surface area (Å²) in [5, 5.41) is 32.3. The Morgan fingerprint density at radius 2 is 1.71 bits per heavy atom. The number of nitrogens with zero attached hydrogens (tertiary/aromatic N) is 2. The Hall–Kier alpha value is -4.72. The lowest BCUT2D eigenvalue weighted by molar-refractivity contribution is -0.125. The third-order valence-corrected chi connectivity index (χ3v) is 7.80. The smallest absolute Gasteiger partial charge is 0.239 e. The molecule has 0 fully saturated rings. The summed E-state index contributed by atoms with van der Waals surface area (Å²) in [5.41, 5.74) is 4.25. The van der Waals surface area contributed by atoms with E-state index in [1.54, 1.807) is 60.8 Å². The molecule has 0 bridgehead atoms. The van der Waals surface area contributed by atoms with E-state index < -0.39 is 0 Å². The third kappa shape index (κ3) is 12.3. The average Bonchev–Trinajstić information content (AvgIpc) is 3.38. The maximum absolute atomic E-state index is 11.4. The number of methoxy groups -OCH3 is 1. The van der Waals surface area contributed by atoms with Gasteiger partial charge in [0.15, 0.2) is 0 Å². The maximum atomic E-state index is 11.4. The van der Waals surface area contributed by atoms with Crippen molar-refractivity contribution in [2.45, 2.75) is 41.0 Å². The van der Waals surface area contributed by atoms with Gasteiger partial charge in [0, 0.05) is 40.4 Å². The Morgan fingerprint density at radius 3 is 2.33 bits per heavy atom. The molecule has 0 saturated heterocycles. The molecular formula is C36H46N6O5S2. The van der Waals surface area contributed by atoms with E-state index in [1.165, 1.54) is 27.5 Å². The van der Waals surface area contributed by atoms with Gasteiger partial charge in [0.2, 0.25) is 11.8 Å². The molecule has 6 N–H and O–H groups in total. The van der Waals surface area contributed by atoms with Crippen LogP contribution in [0.3, 0.4) is 0 Å². The van der Waals surface area contributed by atoms with Crippen molar-refractivity contribution < 1.29 is 24.0 Å². The van der Waals surface area contributed by atoms with Gasteiger partial charge >= 0.3 is 0 Å². The molecule has 1 aromatic heterocycles. The minimum Gasteiger partial charge on any atom is -0.508 e. The van der Waals surface area contributed by atoms with E-state index in [4.69, 9.17) is 20.1 Å². The predicted molar refractivity (Wildman–Crippen MR) is 205 cm³/mol. The SMILES string of the molecule is CC.CC(=O)NCC(=O)NCCc1ccc2sc(C)cc2c1.COc1ccc2c(c1)C(c1ccc(O)cc1)=NCC(=N)N2C(C)=N.CSO. The number of aliphatic imine (C=N–C) groups is 1. The van der Waals surface area contributed by atoms with Crippen molar-refractivity contribution in [2.24, 2.45) is 4.99 Å². The fourth-order valence-corrected chi connectivity index (χ4v) is 5.63. The van der Waals surface area contributed by atoms with E-state index in [0.29, 0.717) is 18.0 Å². The van der Waals surface area contributed by atoms with Gasteiger partial charge < -0.3 is 25.0 Å². The fourth-order valence-electron chi connectivity index (χ4n) is 4.73. The Kier molecular flexibility index (Phi) is 17.0. The number of carbonyl (C=O) groups is 2. The summed E-state index contributed by atoms with van der Waals surface area (Å²) >= 11 is 2.54. The van der Waals surface area contributed by atoms with Gasteiger partial charge in [-0.1, -0.05) is 26.0 Å². The maximum Gasteiger partial charge on any atom is 0.239 e. The van der Waals surface area contributed by atoms with Gasteiger partial charge in [-0.05, 0) is 97.9 Å². The molecule has 5 rings (SSSR count). The van der Waals surface area contributed by atoms with Crippen LogP contribution in [0.2, 0.25) is 0 Å². The van der Waals surface area contributed by atoms with Crippen LogP contribution in [-0.4, -0.2) is 71.9 Å². The fraction of sp³-hybridized carbons (Fsp3) is 0.306. The number of amides is 2. The van der Waals surface area contributed by atoms with Gasteiger partial charge in [-0.2, -0.15) is 0 Å². The number of ether oxygens (including phenoxy) is 1. The molecule has 0 saturated carbocycles. The number of nitrogens with one attached hydrogen (secondary N) is 4. The van der Waals surface area contributed by atoms with E-state index in [9.17, 15) is 14.7 Å². The van der Waals surface area contributed by atoms with Crippen molar-refractivity contribution in [3.63, 3.8) is 0 Å². The summed E-state index contributed by atoms with van der Waals surface area (Å²) in [6, 6.07) is 20.8. The number of benzene rings is 3. The Bertz CT molecular complexity index is 1750. The van der Waals surface area contributed by atoms with E-state index in [0.717, 1.165) is 35.3 Å². The van der Waals surface area contributed by atoms with E-state index in [-0.39, 0.29) is 42.3 Å². The molecule has 11 nitrogen and oxygen atoms in total. The lowest BCUT2D eigenvalue weighted by Gasteiger charge is -2.24. The number of phenolic OH excluding ortho intramolecular Hbond substituents is 1. The van der Waals surface area contributed by atoms with Crippen LogP contribution in [0.1, 0.15) is 49.3 Å². The number of thiophene rings is 1. The molecule has 0 atom stereocenters. The number of hydrogen-bond donors (Lipinski definition) is 6. The zero-order chi connectivity index (χ0) is 36.5. The number of aromatic hydroxyl groups is 1. The third-order valence-electron chi connectivity index (χ3n) is 6.77. The lowest BCUT2D eigenvalue weighted by Crippen LogP contribution is -2.36. The number of hydrogen-bond acceptors (Lipinski definition) is 10. The molecule has 2 amide bonds. The molecule has 1 aliphatic rings. The second-order valence-electron chi connectivity index (χ2n) is 10.4. The largest absolute Gasteiger partial charge is 0.508 e. The number of fused-ring (bicyclic) bond motifs is 2. The molecule has 2 heterocycles. The Morgan fingerprint density at radius 1 is 1.04 bits per heavy atom. The predicted octanol–water partition coefficient (Wildman–Crippen LogP) is 6.89. The van der Waals surface area contributed by atoms with Gasteiger partial charge in [-0.25, -0.2) is 0 Å². The first kappa shape index (κ1) is 40.5. The average molecular weight is 707 g/mol. The Labute approximate surface area is 296 Å². The second kappa shape index (κ2) is 20.6. The highest BCUT2D eigenvalue weighted by molar-refractivity contribution is 7.93. The minimum absolute atomic E-state index is 0.0398. The van der Waals surface area contributed by atoms with E-state index in [2.05, 4.69) is 46.8 Å².